The van der Waals surface area contributed by atoms with Gasteiger partial charge in [-0.15, -0.1) is 0 Å². The Morgan fingerprint density at radius 2 is 1.62 bits per heavy atom. The largest absolute Gasteiger partial charge is 0.478 e. The van der Waals surface area contributed by atoms with Gasteiger partial charge in [0.05, 0.1) is 32.7 Å². The highest BCUT2D eigenvalue weighted by Gasteiger charge is 2.38. The molecule has 0 aliphatic rings. The van der Waals surface area contributed by atoms with Crippen LogP contribution in [0.25, 0.3) is 0 Å². The van der Waals surface area contributed by atoms with Gasteiger partial charge in [0.15, 0.2) is 5.69 Å². The minimum absolute atomic E-state index is 0.0100. The first kappa shape index (κ1) is 30.6. The number of pyridine rings is 1. The fourth-order valence-corrected chi connectivity index (χ4v) is 4.00. The predicted molar refractivity (Wildman–Crippen MR) is 147 cm³/mol. The molecule has 3 aromatic rings. The molecule has 1 amide bonds. The molecule has 212 valence electrons. The molecule has 0 saturated carbocycles. The topological polar surface area (TPSA) is 118 Å². The van der Waals surface area contributed by atoms with Gasteiger partial charge in [-0.1, -0.05) is 43.1 Å². The first-order chi connectivity index (χ1) is 18.7. The number of anilines is 2. The number of rotatable bonds is 9. The van der Waals surface area contributed by atoms with E-state index in [1.807, 2.05) is 13.8 Å². The minimum Gasteiger partial charge on any atom is -0.478 e. The van der Waals surface area contributed by atoms with Gasteiger partial charge in [-0.25, -0.2) is 9.78 Å². The summed E-state index contributed by atoms with van der Waals surface area (Å²) in [5.41, 5.74) is 5.30. The van der Waals surface area contributed by atoms with Crippen molar-refractivity contribution in [3.63, 3.8) is 0 Å². The van der Waals surface area contributed by atoms with Crippen molar-refractivity contribution in [2.75, 3.05) is 23.9 Å². The number of hydrogen-bond donors (Lipinski definition) is 3. The molecule has 0 unspecified atom stereocenters. The maximum atomic E-state index is 14.0. The fraction of sp³-hybridized carbons (Fsp3) is 0.222. The SMILES string of the molecule is CC(C)/C(N)=C(\COc1ccc(N(C)C(=O)c2ccc(C(=O)O)cc2)c(C(F)(F)F)n1)Nc1c(Cl)cccc1Cl. The van der Waals surface area contributed by atoms with Crippen molar-refractivity contribution in [1.29, 1.82) is 0 Å². The summed E-state index contributed by atoms with van der Waals surface area (Å²) in [5, 5.41) is 12.6. The van der Waals surface area contributed by atoms with Gasteiger partial charge in [-0.2, -0.15) is 13.2 Å². The number of carboxylic acids is 1. The van der Waals surface area contributed by atoms with Crippen LogP contribution in [-0.2, 0) is 6.18 Å². The third kappa shape index (κ3) is 7.16. The van der Waals surface area contributed by atoms with Crippen molar-refractivity contribution < 1.29 is 32.6 Å². The molecule has 2 aromatic carbocycles. The Bertz CT molecular complexity index is 1420. The van der Waals surface area contributed by atoms with Crippen LogP contribution in [0.3, 0.4) is 0 Å². The number of nitrogens with zero attached hydrogens (tertiary/aromatic N) is 2. The summed E-state index contributed by atoms with van der Waals surface area (Å²) in [7, 11) is 1.15. The zero-order valence-electron chi connectivity index (χ0n) is 21.5. The number of nitrogens with one attached hydrogen (secondary N) is 1. The first-order valence-electron chi connectivity index (χ1n) is 11.7. The van der Waals surface area contributed by atoms with Gasteiger partial charge in [0.25, 0.3) is 5.91 Å². The van der Waals surface area contributed by atoms with Crippen molar-refractivity contribution in [1.82, 2.24) is 4.98 Å². The number of halogens is 5. The lowest BCUT2D eigenvalue weighted by atomic mass is 10.1. The van der Waals surface area contributed by atoms with Gasteiger partial charge >= 0.3 is 12.1 Å². The van der Waals surface area contributed by atoms with Crippen LogP contribution in [0.15, 0.2) is 66.0 Å². The Morgan fingerprint density at radius 3 is 2.15 bits per heavy atom. The molecule has 0 spiro atoms. The van der Waals surface area contributed by atoms with E-state index in [9.17, 15) is 22.8 Å². The maximum Gasteiger partial charge on any atom is 0.435 e. The molecule has 0 saturated heterocycles. The van der Waals surface area contributed by atoms with E-state index in [2.05, 4.69) is 10.3 Å². The summed E-state index contributed by atoms with van der Waals surface area (Å²) in [6.45, 7) is 3.35. The number of para-hydroxylation sites is 1. The molecule has 0 radical (unpaired) electrons. The molecule has 0 aliphatic carbocycles. The second-order valence-corrected chi connectivity index (χ2v) is 9.67. The molecule has 0 atom stereocenters. The van der Waals surface area contributed by atoms with Gasteiger partial charge in [-0.3, -0.25) is 4.79 Å². The van der Waals surface area contributed by atoms with Gasteiger partial charge in [0.2, 0.25) is 5.88 Å². The number of amides is 1. The molecule has 0 bridgehead atoms. The highest BCUT2D eigenvalue weighted by molar-refractivity contribution is 6.39. The van der Waals surface area contributed by atoms with Crippen LogP contribution in [0.4, 0.5) is 24.5 Å². The summed E-state index contributed by atoms with van der Waals surface area (Å²) in [6.07, 6.45) is -4.94. The number of carbonyl (C=O) groups is 2. The van der Waals surface area contributed by atoms with Crippen LogP contribution in [0.5, 0.6) is 5.88 Å². The number of carboxylic acid groups (broad SMARTS) is 1. The Labute approximate surface area is 238 Å². The number of aromatic carboxylic acids is 1. The molecule has 1 aromatic heterocycles. The van der Waals surface area contributed by atoms with E-state index in [-0.39, 0.29) is 29.5 Å². The molecule has 13 heteroatoms. The van der Waals surface area contributed by atoms with Crippen molar-refractivity contribution >= 4 is 46.5 Å². The van der Waals surface area contributed by atoms with Crippen LogP contribution in [0.1, 0.15) is 40.3 Å². The van der Waals surface area contributed by atoms with E-state index in [1.54, 1.807) is 18.2 Å². The van der Waals surface area contributed by atoms with Crippen molar-refractivity contribution in [3.05, 3.63) is 92.9 Å². The molecular formula is C27H25Cl2F3N4O4. The molecule has 40 heavy (non-hydrogen) atoms. The number of aromatic nitrogens is 1. The molecular weight excluding hydrogens is 572 g/mol. The average Bonchev–Trinajstić information content (AvgIpc) is 2.90. The van der Waals surface area contributed by atoms with Crippen molar-refractivity contribution in [2.24, 2.45) is 11.7 Å². The summed E-state index contributed by atoms with van der Waals surface area (Å²) in [4.78, 5) is 28.3. The Morgan fingerprint density at radius 1 is 1.05 bits per heavy atom. The fourth-order valence-electron chi connectivity index (χ4n) is 3.51. The summed E-state index contributed by atoms with van der Waals surface area (Å²) in [5.74, 6) is -2.53. The number of ether oxygens (including phenoxy) is 1. The number of allylic oxidation sites excluding steroid dienone is 1. The van der Waals surface area contributed by atoms with E-state index in [0.29, 0.717) is 27.1 Å². The van der Waals surface area contributed by atoms with Crippen LogP contribution in [0.2, 0.25) is 10.0 Å². The lowest BCUT2D eigenvalue weighted by Crippen LogP contribution is -2.29. The Kier molecular flexibility index (Phi) is 9.54. The second-order valence-electron chi connectivity index (χ2n) is 8.86. The smallest absolute Gasteiger partial charge is 0.435 e. The number of alkyl halides is 3. The third-order valence-corrected chi connectivity index (χ3v) is 6.37. The van der Waals surface area contributed by atoms with E-state index >= 15 is 0 Å². The number of hydrogen-bond acceptors (Lipinski definition) is 6. The first-order valence-corrected chi connectivity index (χ1v) is 12.5. The molecule has 3 rings (SSSR count). The highest BCUT2D eigenvalue weighted by Crippen LogP contribution is 2.37. The van der Waals surface area contributed by atoms with Gasteiger partial charge in [-0.05, 0) is 48.4 Å². The van der Waals surface area contributed by atoms with Gasteiger partial charge in [0, 0.05) is 24.4 Å². The summed E-state index contributed by atoms with van der Waals surface area (Å²) < 4.78 is 47.6. The summed E-state index contributed by atoms with van der Waals surface area (Å²) >= 11 is 12.5. The molecule has 0 fully saturated rings. The van der Waals surface area contributed by atoms with Crippen molar-refractivity contribution in [3.8, 4) is 5.88 Å². The summed E-state index contributed by atoms with van der Waals surface area (Å²) in [6, 6.07) is 11.9. The number of carbonyl (C=O) groups excluding carboxylic acids is 1. The third-order valence-electron chi connectivity index (χ3n) is 5.74. The lowest BCUT2D eigenvalue weighted by molar-refractivity contribution is -0.140. The van der Waals surface area contributed by atoms with E-state index < -0.39 is 29.4 Å². The predicted octanol–water partition coefficient (Wildman–Crippen LogP) is 6.70. The monoisotopic (exact) mass is 596 g/mol. The maximum absolute atomic E-state index is 14.0. The van der Waals surface area contributed by atoms with Crippen LogP contribution in [-0.4, -0.2) is 35.6 Å². The Balaban J connectivity index is 1.90. The quantitative estimate of drug-likeness (QED) is 0.251. The zero-order chi connectivity index (χ0) is 29.8. The van der Waals surface area contributed by atoms with E-state index in [1.165, 1.54) is 30.3 Å². The van der Waals surface area contributed by atoms with Crippen LogP contribution >= 0.6 is 23.2 Å². The number of nitrogens with two attached hydrogens (primary N) is 1. The average molecular weight is 597 g/mol. The van der Waals surface area contributed by atoms with Gasteiger partial charge in [0.1, 0.15) is 6.61 Å². The molecule has 8 nitrogen and oxygen atoms in total. The minimum atomic E-state index is -4.94. The van der Waals surface area contributed by atoms with E-state index in [4.69, 9.17) is 38.8 Å². The standard InChI is InChI=1S/C27H25Cl2F3N4O4/c1-14(2)22(33)19(34-23-17(28)5-4-6-18(23)29)13-40-21-12-11-20(24(35-21)27(30,31)32)36(3)25(37)15-7-9-16(10-8-15)26(38)39/h4-12,14,34H,13,33H2,1-3H3,(H,38,39)/b22-19-. The zero-order valence-corrected chi connectivity index (χ0v) is 23.0. The van der Waals surface area contributed by atoms with Crippen molar-refractivity contribution in [2.45, 2.75) is 20.0 Å². The second kappa shape index (κ2) is 12.5. The van der Waals surface area contributed by atoms with Gasteiger partial charge < -0.3 is 25.8 Å². The number of benzene rings is 2. The van der Waals surface area contributed by atoms with Crippen LogP contribution in [0, 0.1) is 5.92 Å². The lowest BCUT2D eigenvalue weighted by Gasteiger charge is -2.22. The normalized spacial score (nSPS) is 12.1. The molecule has 4 N–H and O–H groups in total. The van der Waals surface area contributed by atoms with Crippen LogP contribution < -0.4 is 20.7 Å². The molecule has 0 aliphatic heterocycles. The Hall–Kier alpha value is -3.96. The highest BCUT2D eigenvalue weighted by atomic mass is 35.5. The molecule has 1 heterocycles. The van der Waals surface area contributed by atoms with E-state index in [0.717, 1.165) is 18.0 Å².